The van der Waals surface area contributed by atoms with Gasteiger partial charge in [-0.05, 0) is 75.0 Å². The zero-order chi connectivity index (χ0) is 41.2. The molecule has 0 spiro atoms. The van der Waals surface area contributed by atoms with Crippen molar-refractivity contribution in [3.63, 3.8) is 0 Å². The first-order valence-corrected chi connectivity index (χ1v) is 20.4. The number of pyridine rings is 1. The van der Waals surface area contributed by atoms with Crippen LogP contribution in [0.25, 0.3) is 27.6 Å². The monoisotopic (exact) mass is 958 g/mol. The van der Waals surface area contributed by atoms with E-state index in [1.807, 2.05) is 24.4 Å². The zero-order valence-electron chi connectivity index (χ0n) is 36.2. The van der Waals surface area contributed by atoms with Crippen molar-refractivity contribution in [3.05, 3.63) is 174 Å². The van der Waals surface area contributed by atoms with Crippen LogP contribution in [0.2, 0.25) is 0 Å². The molecule has 5 aromatic carbocycles. The van der Waals surface area contributed by atoms with Crippen molar-refractivity contribution in [2.24, 2.45) is 5.41 Å². The van der Waals surface area contributed by atoms with Crippen LogP contribution in [0.3, 0.4) is 0 Å². The summed E-state index contributed by atoms with van der Waals surface area (Å²) in [5.41, 5.74) is 9.94. The Morgan fingerprint density at radius 2 is 1.25 bits per heavy atom. The molecular weight excluding hydrogens is 904 g/mol. The van der Waals surface area contributed by atoms with Gasteiger partial charge in [-0.25, -0.2) is 4.98 Å². The van der Waals surface area contributed by atoms with E-state index < -0.39 is 0 Å². The van der Waals surface area contributed by atoms with Crippen LogP contribution < -0.4 is 14.5 Å². The van der Waals surface area contributed by atoms with Crippen molar-refractivity contribution in [2.45, 2.75) is 92.4 Å². The van der Waals surface area contributed by atoms with E-state index in [2.05, 4.69) is 213 Å². The molecule has 0 unspecified atom stereocenters. The molecule has 8 rings (SSSR count). The Kier molecular flexibility index (Phi) is 11.0. The normalized spacial score (nSPS) is 13.8. The number of rotatable bonds is 7. The summed E-state index contributed by atoms with van der Waals surface area (Å²) in [4.78, 5) is 9.36. The molecule has 306 valence electrons. The Morgan fingerprint density at radius 3 is 1.97 bits per heavy atom. The summed E-state index contributed by atoms with van der Waals surface area (Å²) in [6, 6.07) is 48.1. The molecule has 0 aliphatic carbocycles. The van der Waals surface area contributed by atoms with Crippen LogP contribution in [0.4, 0.5) is 11.4 Å². The van der Waals surface area contributed by atoms with Gasteiger partial charge in [-0.3, -0.25) is 0 Å². The summed E-state index contributed by atoms with van der Waals surface area (Å²) in [6.45, 7) is 27.2. The number of para-hydroxylation sites is 1. The Balaban J connectivity index is 0.00000528. The number of aromatic nitrogens is 2. The third-order valence-corrected chi connectivity index (χ3v) is 11.5. The van der Waals surface area contributed by atoms with Gasteiger partial charge in [0.1, 0.15) is 5.82 Å². The molecule has 0 fully saturated rings. The molecule has 0 amide bonds. The van der Waals surface area contributed by atoms with E-state index in [0.29, 0.717) is 11.5 Å². The quantitative estimate of drug-likeness (QED) is 0.149. The van der Waals surface area contributed by atoms with E-state index in [0.717, 1.165) is 39.0 Å². The first-order valence-electron chi connectivity index (χ1n) is 20.4. The summed E-state index contributed by atoms with van der Waals surface area (Å²) < 4.78 is 8.78. The van der Waals surface area contributed by atoms with Crippen molar-refractivity contribution in [2.75, 3.05) is 9.80 Å². The van der Waals surface area contributed by atoms with Gasteiger partial charge in [0, 0.05) is 66.5 Å². The average molecular weight is 959 g/mol. The van der Waals surface area contributed by atoms with Gasteiger partial charge in [-0.15, -0.1) is 48.1 Å². The maximum absolute atomic E-state index is 6.59. The summed E-state index contributed by atoms with van der Waals surface area (Å²) in [7, 11) is 0. The molecule has 5 nitrogen and oxygen atoms in total. The molecule has 7 aromatic rings. The van der Waals surface area contributed by atoms with Gasteiger partial charge in [0.25, 0.3) is 0 Å². The van der Waals surface area contributed by atoms with Gasteiger partial charge in [0.2, 0.25) is 0 Å². The van der Waals surface area contributed by atoms with Crippen LogP contribution in [0.1, 0.15) is 98.4 Å². The first-order chi connectivity index (χ1) is 27.4. The topological polar surface area (TPSA) is 33.5 Å². The fourth-order valence-corrected chi connectivity index (χ4v) is 7.82. The minimum Gasteiger partial charge on any atom is -0.509 e. The van der Waals surface area contributed by atoms with E-state index in [-0.39, 0.29) is 42.7 Å². The predicted molar refractivity (Wildman–Crippen MR) is 242 cm³/mol. The molecule has 3 heterocycles. The van der Waals surface area contributed by atoms with Crippen LogP contribution in [0.5, 0.6) is 11.5 Å². The number of ether oxygens (including phenoxy) is 1. The van der Waals surface area contributed by atoms with Crippen LogP contribution in [-0.2, 0) is 37.3 Å². The maximum atomic E-state index is 6.59. The third-order valence-electron chi connectivity index (χ3n) is 11.5. The minimum atomic E-state index is -0.191. The molecule has 0 N–H and O–H groups in total. The smallest absolute Gasteiger partial charge is 0.135 e. The van der Waals surface area contributed by atoms with Crippen LogP contribution in [-0.4, -0.2) is 9.55 Å². The number of nitrogens with zero attached hydrogens (tertiary/aromatic N) is 4. The van der Waals surface area contributed by atoms with Crippen LogP contribution in [0.15, 0.2) is 133 Å². The molecule has 1 aliphatic heterocycles. The molecule has 0 radical (unpaired) electrons. The number of hydrogen-bond acceptors (Lipinski definition) is 4. The molecule has 0 bridgehead atoms. The summed E-state index contributed by atoms with van der Waals surface area (Å²) >= 11 is 0. The Labute approximate surface area is 366 Å². The Hall–Kier alpha value is -5.12. The molecule has 0 atom stereocenters. The standard InChI is InChI=1S/C53H55N4O.Pt/c1-50(2,3)37-26-27-54-49(31-37)57-46-23-16-15-22-44(46)45-25-24-43(33-47(45)57)58-42-21-17-20-40(32-42)55-34-48(52(7,8)9)56(35-55)41-29-38(51(4,5)6)28-39(30-41)53(10,11)36-18-13-12-14-19-36;/h12-31,34-35H,1-11H3;/q-3;. The molecule has 0 saturated heterocycles. The van der Waals surface area contributed by atoms with Gasteiger partial charge in [-0.1, -0.05) is 136 Å². The number of anilines is 2. The van der Waals surface area contributed by atoms with Crippen molar-refractivity contribution in [1.82, 2.24) is 9.55 Å². The SMILES string of the molecule is CC(C)(C)C1=CN(c2[c-]c(Oc3[c-]c4c(cc3)c3ccccc3n4-c3cc(C(C)(C)C)ccn3)ccc2)[CH-]N1c1cc(C(C)(C)C)cc(C(C)(C)c2ccccc2)c1.[Pt]. The molecular formula is C53H55N4OPt-3. The summed E-state index contributed by atoms with van der Waals surface area (Å²) in [6.07, 6.45) is 4.13. The van der Waals surface area contributed by atoms with Crippen molar-refractivity contribution in [3.8, 4) is 17.3 Å². The summed E-state index contributed by atoms with van der Waals surface area (Å²) in [5, 5.41) is 2.25. The maximum Gasteiger partial charge on any atom is 0.135 e. The van der Waals surface area contributed by atoms with E-state index in [1.54, 1.807) is 0 Å². The van der Waals surface area contributed by atoms with E-state index in [9.17, 15) is 0 Å². The fourth-order valence-electron chi connectivity index (χ4n) is 7.82. The van der Waals surface area contributed by atoms with Crippen molar-refractivity contribution < 1.29 is 25.8 Å². The molecule has 59 heavy (non-hydrogen) atoms. The Morgan fingerprint density at radius 1 is 0.576 bits per heavy atom. The Bertz CT molecular complexity index is 2670. The predicted octanol–water partition coefficient (Wildman–Crippen LogP) is 13.8. The molecule has 6 heteroatoms. The first kappa shape index (κ1) is 42.0. The van der Waals surface area contributed by atoms with Gasteiger partial charge in [0.15, 0.2) is 0 Å². The fraction of sp³-hybridized carbons (Fsp3) is 0.283. The van der Waals surface area contributed by atoms with Crippen LogP contribution >= 0.6 is 0 Å². The minimum absolute atomic E-state index is 0. The summed E-state index contributed by atoms with van der Waals surface area (Å²) in [5.74, 6) is 2.09. The second-order valence-electron chi connectivity index (χ2n) is 19.3. The van der Waals surface area contributed by atoms with Gasteiger partial charge in [-0.2, -0.15) is 12.1 Å². The largest absolute Gasteiger partial charge is 0.509 e. The van der Waals surface area contributed by atoms with Crippen LogP contribution in [0, 0.1) is 24.2 Å². The number of hydrogen-bond donors (Lipinski definition) is 0. The number of benzene rings is 5. The third kappa shape index (κ3) is 8.24. The molecule has 1 aliphatic rings. The van der Waals surface area contributed by atoms with E-state index >= 15 is 0 Å². The van der Waals surface area contributed by atoms with E-state index in [1.165, 1.54) is 28.0 Å². The molecule has 0 saturated carbocycles. The average Bonchev–Trinajstić information content (AvgIpc) is 3.79. The second kappa shape index (κ2) is 15.5. The van der Waals surface area contributed by atoms with Crippen molar-refractivity contribution >= 4 is 33.2 Å². The van der Waals surface area contributed by atoms with Gasteiger partial charge < -0.3 is 19.1 Å². The van der Waals surface area contributed by atoms with E-state index in [4.69, 9.17) is 9.72 Å². The zero-order valence-corrected chi connectivity index (χ0v) is 38.5. The van der Waals surface area contributed by atoms with Gasteiger partial charge >= 0.3 is 0 Å². The van der Waals surface area contributed by atoms with Crippen molar-refractivity contribution in [1.29, 1.82) is 0 Å². The number of allylic oxidation sites excluding steroid dienone is 1. The second-order valence-corrected chi connectivity index (χ2v) is 19.3. The van der Waals surface area contributed by atoms with Gasteiger partial charge in [0.05, 0.1) is 0 Å². The number of fused-ring (bicyclic) bond motifs is 3. The molecule has 2 aromatic heterocycles.